The Morgan fingerprint density at radius 2 is 2.07 bits per heavy atom. The molecule has 0 radical (unpaired) electrons. The number of fused-ring (bicyclic) bond motifs is 2. The minimum atomic E-state index is -0.740. The molecule has 3 aliphatic rings. The lowest BCUT2D eigenvalue weighted by atomic mass is 9.85. The molecule has 2 amide bonds. The number of nitrogens with zero attached hydrogens (tertiary/aromatic N) is 2. The maximum Gasteiger partial charge on any atom is 0.257 e. The van der Waals surface area contributed by atoms with Crippen LogP contribution >= 0.6 is 0 Å². The third-order valence-electron chi connectivity index (χ3n) is 6.31. The summed E-state index contributed by atoms with van der Waals surface area (Å²) in [6.45, 7) is 3.04. The van der Waals surface area contributed by atoms with Gasteiger partial charge in [0.05, 0.1) is 11.8 Å². The molecule has 1 N–H and O–H groups in total. The van der Waals surface area contributed by atoms with Gasteiger partial charge in [-0.15, -0.1) is 0 Å². The summed E-state index contributed by atoms with van der Waals surface area (Å²) in [6, 6.07) is 11.5. The maximum absolute atomic E-state index is 12.9. The van der Waals surface area contributed by atoms with Crippen LogP contribution in [0.3, 0.4) is 0 Å². The van der Waals surface area contributed by atoms with Crippen LogP contribution in [0.25, 0.3) is 0 Å². The average molecular weight is 363 g/mol. The van der Waals surface area contributed by atoms with Gasteiger partial charge in [0.25, 0.3) is 11.8 Å². The predicted molar refractivity (Wildman–Crippen MR) is 99.4 cm³/mol. The van der Waals surface area contributed by atoms with Crippen molar-refractivity contribution in [3.05, 3.63) is 59.5 Å². The highest BCUT2D eigenvalue weighted by Crippen LogP contribution is 2.49. The average Bonchev–Trinajstić information content (AvgIpc) is 3.42. The highest BCUT2D eigenvalue weighted by Gasteiger charge is 2.59. The van der Waals surface area contributed by atoms with Crippen LogP contribution in [0.2, 0.25) is 0 Å². The number of carbonyl (C=O) groups is 2. The molecular formula is C21H21N3O3. The van der Waals surface area contributed by atoms with E-state index in [4.69, 9.17) is 9.41 Å². The van der Waals surface area contributed by atoms with E-state index < -0.39 is 5.54 Å². The Morgan fingerprint density at radius 3 is 2.81 bits per heavy atom. The van der Waals surface area contributed by atoms with Crippen LogP contribution in [0, 0.1) is 18.8 Å². The molecule has 1 aromatic carbocycles. The minimum Gasteiger partial charge on any atom is -0.469 e. The number of benzene rings is 1. The fraction of sp³-hybridized carbons (Fsp3) is 0.381. The van der Waals surface area contributed by atoms with E-state index in [0.29, 0.717) is 36.2 Å². The Balaban J connectivity index is 1.43. The number of likely N-dealkylation sites (tertiary alicyclic amines) is 1. The number of rotatable bonds is 2. The van der Waals surface area contributed by atoms with Crippen molar-refractivity contribution in [3.8, 4) is 0 Å². The Bertz CT molecular complexity index is 949. The normalized spacial score (nSPS) is 29.1. The molecule has 1 aliphatic carbocycles. The molecule has 1 aromatic heterocycles. The van der Waals surface area contributed by atoms with E-state index in [9.17, 15) is 9.59 Å². The van der Waals surface area contributed by atoms with E-state index in [1.807, 2.05) is 35.2 Å². The Labute approximate surface area is 157 Å². The lowest BCUT2D eigenvalue weighted by Crippen LogP contribution is -2.45. The zero-order chi connectivity index (χ0) is 18.6. The van der Waals surface area contributed by atoms with Crippen LogP contribution < -0.4 is 5.32 Å². The molecule has 1 saturated carbocycles. The zero-order valence-corrected chi connectivity index (χ0v) is 15.1. The zero-order valence-electron chi connectivity index (χ0n) is 15.1. The number of furan rings is 1. The number of amidine groups is 1. The number of carbonyl (C=O) groups excluding carboxylic acids is 2. The molecule has 3 heterocycles. The van der Waals surface area contributed by atoms with Gasteiger partial charge >= 0.3 is 0 Å². The Kier molecular flexibility index (Phi) is 3.50. The van der Waals surface area contributed by atoms with Crippen LogP contribution in [-0.4, -0.2) is 41.2 Å². The van der Waals surface area contributed by atoms with Gasteiger partial charge in [0.2, 0.25) is 0 Å². The molecule has 6 heteroatoms. The summed E-state index contributed by atoms with van der Waals surface area (Å²) >= 11 is 0. The van der Waals surface area contributed by atoms with E-state index in [1.54, 1.807) is 19.3 Å². The van der Waals surface area contributed by atoms with Gasteiger partial charge in [-0.1, -0.05) is 30.3 Å². The van der Waals surface area contributed by atoms with Crippen LogP contribution in [0.4, 0.5) is 0 Å². The number of amides is 2. The molecule has 0 unspecified atom stereocenters. The fourth-order valence-corrected chi connectivity index (χ4v) is 4.89. The third kappa shape index (κ3) is 2.36. The van der Waals surface area contributed by atoms with Crippen molar-refractivity contribution in [2.75, 3.05) is 13.1 Å². The van der Waals surface area contributed by atoms with Crippen LogP contribution in [0.15, 0.2) is 52.1 Å². The van der Waals surface area contributed by atoms with Crippen molar-refractivity contribution in [3.63, 3.8) is 0 Å². The SMILES string of the molecule is Cc1occc1C(=O)N1C[C@@H]2CC[C@]3(N=C(c4ccccc4)NC3=O)[C@@H]2C1. The molecule has 0 bridgehead atoms. The van der Waals surface area contributed by atoms with Crippen molar-refractivity contribution >= 4 is 17.6 Å². The third-order valence-corrected chi connectivity index (χ3v) is 6.31. The van der Waals surface area contributed by atoms with E-state index >= 15 is 0 Å². The lowest BCUT2D eigenvalue weighted by Gasteiger charge is -2.25. The van der Waals surface area contributed by atoms with Crippen molar-refractivity contribution in [2.24, 2.45) is 16.8 Å². The molecule has 2 aromatic rings. The first-order valence-electron chi connectivity index (χ1n) is 9.38. The molecule has 6 nitrogen and oxygen atoms in total. The van der Waals surface area contributed by atoms with Gasteiger partial charge in [-0.3, -0.25) is 14.6 Å². The van der Waals surface area contributed by atoms with Crippen molar-refractivity contribution in [2.45, 2.75) is 25.3 Å². The summed E-state index contributed by atoms with van der Waals surface area (Å²) < 4.78 is 5.28. The van der Waals surface area contributed by atoms with Gasteiger partial charge in [0, 0.05) is 24.6 Å². The summed E-state index contributed by atoms with van der Waals surface area (Å²) in [5.74, 6) is 1.62. The quantitative estimate of drug-likeness (QED) is 0.890. The van der Waals surface area contributed by atoms with Crippen molar-refractivity contribution in [1.29, 1.82) is 0 Å². The molecular weight excluding hydrogens is 342 g/mol. The molecule has 3 atom stereocenters. The first kappa shape index (κ1) is 16.3. The highest BCUT2D eigenvalue weighted by molar-refractivity contribution is 6.15. The number of aryl methyl sites for hydroxylation is 1. The topological polar surface area (TPSA) is 74.9 Å². The molecule has 1 spiro atoms. The first-order chi connectivity index (χ1) is 13.1. The van der Waals surface area contributed by atoms with Crippen LogP contribution in [-0.2, 0) is 4.79 Å². The van der Waals surface area contributed by atoms with Gasteiger partial charge in [0.1, 0.15) is 17.1 Å². The van der Waals surface area contributed by atoms with Crippen LogP contribution in [0.5, 0.6) is 0 Å². The monoisotopic (exact) mass is 363 g/mol. The smallest absolute Gasteiger partial charge is 0.257 e. The molecule has 2 fully saturated rings. The second-order valence-corrected chi connectivity index (χ2v) is 7.71. The van der Waals surface area contributed by atoms with E-state index in [1.165, 1.54) is 0 Å². The molecule has 138 valence electrons. The van der Waals surface area contributed by atoms with Gasteiger partial charge in [-0.2, -0.15) is 0 Å². The summed E-state index contributed by atoms with van der Waals surface area (Å²) in [5, 5.41) is 2.99. The van der Waals surface area contributed by atoms with E-state index in [0.717, 1.165) is 18.4 Å². The summed E-state index contributed by atoms with van der Waals surface area (Å²) in [4.78, 5) is 32.5. The van der Waals surface area contributed by atoms with E-state index in [2.05, 4.69) is 5.32 Å². The van der Waals surface area contributed by atoms with Crippen molar-refractivity contribution < 1.29 is 14.0 Å². The van der Waals surface area contributed by atoms with Gasteiger partial charge in [0.15, 0.2) is 0 Å². The minimum absolute atomic E-state index is 0.0172. The van der Waals surface area contributed by atoms with Crippen molar-refractivity contribution in [1.82, 2.24) is 10.2 Å². The maximum atomic E-state index is 12.9. The molecule has 2 aliphatic heterocycles. The summed E-state index contributed by atoms with van der Waals surface area (Å²) in [5.41, 5.74) is 0.788. The summed E-state index contributed by atoms with van der Waals surface area (Å²) in [6.07, 6.45) is 3.21. The number of hydrogen-bond acceptors (Lipinski definition) is 4. The first-order valence-corrected chi connectivity index (χ1v) is 9.38. The molecule has 5 rings (SSSR count). The number of aliphatic imine (C=N–C) groups is 1. The molecule has 27 heavy (non-hydrogen) atoms. The second-order valence-electron chi connectivity index (χ2n) is 7.71. The Hall–Kier alpha value is -2.89. The predicted octanol–water partition coefficient (Wildman–Crippen LogP) is 2.39. The van der Waals surface area contributed by atoms with Crippen LogP contribution in [0.1, 0.15) is 34.5 Å². The standard InChI is InChI=1S/C21H21N3O3/c1-13-16(8-10-27-13)19(25)24-11-15-7-9-21(17(15)12-24)20(26)22-18(23-21)14-5-3-2-4-6-14/h2-6,8,10,15,17H,7,9,11-12H2,1H3,(H,22,23,26)/t15-,17+,21-/m0/s1. The molecule has 1 saturated heterocycles. The van der Waals surface area contributed by atoms with Gasteiger partial charge < -0.3 is 14.6 Å². The summed E-state index contributed by atoms with van der Waals surface area (Å²) in [7, 11) is 0. The lowest BCUT2D eigenvalue weighted by molar-refractivity contribution is -0.124. The largest absolute Gasteiger partial charge is 0.469 e. The van der Waals surface area contributed by atoms with E-state index in [-0.39, 0.29) is 17.7 Å². The number of nitrogens with one attached hydrogen (secondary N) is 1. The van der Waals surface area contributed by atoms with Gasteiger partial charge in [-0.05, 0) is 31.7 Å². The number of hydrogen-bond donors (Lipinski definition) is 1. The second kappa shape index (κ2) is 5.81. The highest BCUT2D eigenvalue weighted by atomic mass is 16.3. The van der Waals surface area contributed by atoms with Gasteiger partial charge in [-0.25, -0.2) is 0 Å². The Morgan fingerprint density at radius 1 is 1.26 bits per heavy atom. The fourth-order valence-electron chi connectivity index (χ4n) is 4.89.